The number of nitrogen functional groups attached to an aromatic ring is 1. The lowest BCUT2D eigenvalue weighted by molar-refractivity contribution is -0.137. The van der Waals surface area contributed by atoms with E-state index in [2.05, 4.69) is 9.97 Å². The molecule has 7 heteroatoms. The summed E-state index contributed by atoms with van der Waals surface area (Å²) >= 11 is 0. The van der Waals surface area contributed by atoms with Gasteiger partial charge < -0.3 is 10.7 Å². The molecule has 0 unspecified atom stereocenters. The Morgan fingerprint density at radius 3 is 2.65 bits per heavy atom. The molecule has 1 aromatic heterocycles. The van der Waals surface area contributed by atoms with Crippen LogP contribution in [0.2, 0.25) is 0 Å². The van der Waals surface area contributed by atoms with Crippen LogP contribution in [0.3, 0.4) is 0 Å². The van der Waals surface area contributed by atoms with E-state index in [-0.39, 0.29) is 29.2 Å². The van der Waals surface area contributed by atoms with Crippen LogP contribution in [0.1, 0.15) is 22.5 Å². The van der Waals surface area contributed by atoms with Gasteiger partial charge in [-0.1, -0.05) is 18.2 Å². The van der Waals surface area contributed by atoms with Crippen molar-refractivity contribution in [2.45, 2.75) is 19.5 Å². The number of halogens is 3. The fourth-order valence-electron chi connectivity index (χ4n) is 1.73. The summed E-state index contributed by atoms with van der Waals surface area (Å²) in [6.07, 6.45) is -4.33. The molecule has 0 aliphatic carbocycles. The van der Waals surface area contributed by atoms with Gasteiger partial charge in [-0.3, -0.25) is 4.79 Å². The molecule has 0 aliphatic heterocycles. The molecule has 4 nitrogen and oxygen atoms in total. The van der Waals surface area contributed by atoms with E-state index in [1.807, 2.05) is 0 Å². The van der Waals surface area contributed by atoms with Crippen LogP contribution in [-0.2, 0) is 12.6 Å². The molecular formula is C13H12F3N3O. The zero-order valence-corrected chi connectivity index (χ0v) is 10.6. The number of hydrogen-bond acceptors (Lipinski definition) is 3. The van der Waals surface area contributed by atoms with Gasteiger partial charge in [-0.2, -0.15) is 13.2 Å². The Balaban J connectivity index is 2.33. The predicted octanol–water partition coefficient (Wildman–Crippen LogP) is 2.27. The second-order valence-corrected chi connectivity index (χ2v) is 4.40. The highest BCUT2D eigenvalue weighted by molar-refractivity contribution is 5.37. The third-order valence-corrected chi connectivity index (χ3v) is 2.86. The van der Waals surface area contributed by atoms with E-state index in [1.165, 1.54) is 19.1 Å². The van der Waals surface area contributed by atoms with Crippen molar-refractivity contribution in [1.29, 1.82) is 0 Å². The Labute approximate surface area is 112 Å². The summed E-state index contributed by atoms with van der Waals surface area (Å²) in [4.78, 5) is 18.0. The third-order valence-electron chi connectivity index (χ3n) is 2.86. The van der Waals surface area contributed by atoms with E-state index < -0.39 is 11.7 Å². The maximum absolute atomic E-state index is 12.6. The van der Waals surface area contributed by atoms with Gasteiger partial charge in [0.1, 0.15) is 11.6 Å². The van der Waals surface area contributed by atoms with Crippen LogP contribution < -0.4 is 11.3 Å². The Morgan fingerprint density at radius 2 is 2.05 bits per heavy atom. The van der Waals surface area contributed by atoms with Crippen LogP contribution in [0.15, 0.2) is 29.1 Å². The monoisotopic (exact) mass is 283 g/mol. The average molecular weight is 283 g/mol. The second kappa shape index (κ2) is 4.99. The minimum Gasteiger partial charge on any atom is -0.383 e. The zero-order chi connectivity index (χ0) is 14.9. The Bertz CT molecular complexity index is 692. The fraction of sp³-hybridized carbons (Fsp3) is 0.231. The van der Waals surface area contributed by atoms with Gasteiger partial charge in [-0.25, -0.2) is 4.98 Å². The van der Waals surface area contributed by atoms with E-state index >= 15 is 0 Å². The molecule has 2 aromatic rings. The van der Waals surface area contributed by atoms with Gasteiger partial charge in [0.05, 0.1) is 11.1 Å². The van der Waals surface area contributed by atoms with Gasteiger partial charge in [-0.15, -0.1) is 0 Å². The van der Waals surface area contributed by atoms with Gasteiger partial charge in [0, 0.05) is 6.42 Å². The van der Waals surface area contributed by atoms with Crippen molar-refractivity contribution in [1.82, 2.24) is 9.97 Å². The van der Waals surface area contributed by atoms with E-state index in [9.17, 15) is 18.0 Å². The molecule has 0 saturated heterocycles. The maximum atomic E-state index is 12.6. The summed E-state index contributed by atoms with van der Waals surface area (Å²) in [5, 5.41) is 0. The molecular weight excluding hydrogens is 271 g/mol. The maximum Gasteiger partial charge on any atom is 0.416 e. The number of aromatic nitrogens is 2. The molecule has 20 heavy (non-hydrogen) atoms. The number of H-pyrrole nitrogens is 1. The van der Waals surface area contributed by atoms with Crippen LogP contribution in [0, 0.1) is 6.92 Å². The SMILES string of the molecule is Cc1c(N)nc(Cc2cccc(C(F)(F)F)c2)[nH]c1=O. The highest BCUT2D eigenvalue weighted by Crippen LogP contribution is 2.29. The zero-order valence-electron chi connectivity index (χ0n) is 10.6. The van der Waals surface area contributed by atoms with Crippen molar-refractivity contribution in [3.8, 4) is 0 Å². The first kappa shape index (κ1) is 14.1. The molecule has 2 rings (SSSR count). The minimum atomic E-state index is -4.40. The quantitative estimate of drug-likeness (QED) is 0.888. The molecule has 0 amide bonds. The standard InChI is InChI=1S/C13H12F3N3O/c1-7-11(17)18-10(19-12(7)20)6-8-3-2-4-9(5-8)13(14,15)16/h2-5H,6H2,1H3,(H3,17,18,19,20). The molecule has 0 fully saturated rings. The smallest absolute Gasteiger partial charge is 0.383 e. The summed E-state index contributed by atoms with van der Waals surface area (Å²) in [7, 11) is 0. The molecule has 0 saturated carbocycles. The lowest BCUT2D eigenvalue weighted by atomic mass is 10.1. The topological polar surface area (TPSA) is 71.8 Å². The van der Waals surface area contributed by atoms with Gasteiger partial charge in [0.2, 0.25) is 0 Å². The first-order valence-electron chi connectivity index (χ1n) is 5.79. The van der Waals surface area contributed by atoms with Crippen molar-refractivity contribution < 1.29 is 13.2 Å². The van der Waals surface area contributed by atoms with Crippen LogP contribution in [-0.4, -0.2) is 9.97 Å². The van der Waals surface area contributed by atoms with Crippen LogP contribution in [0.5, 0.6) is 0 Å². The largest absolute Gasteiger partial charge is 0.416 e. The third kappa shape index (κ3) is 2.98. The average Bonchev–Trinajstić information content (AvgIpc) is 2.35. The van der Waals surface area contributed by atoms with Crippen molar-refractivity contribution in [2.75, 3.05) is 5.73 Å². The van der Waals surface area contributed by atoms with E-state index in [0.29, 0.717) is 5.56 Å². The molecule has 106 valence electrons. The van der Waals surface area contributed by atoms with Crippen LogP contribution >= 0.6 is 0 Å². The number of nitrogens with one attached hydrogen (secondary N) is 1. The van der Waals surface area contributed by atoms with Crippen molar-refractivity contribution >= 4 is 5.82 Å². The number of hydrogen-bond donors (Lipinski definition) is 2. The van der Waals surface area contributed by atoms with Crippen LogP contribution in [0.25, 0.3) is 0 Å². The lowest BCUT2D eigenvalue weighted by Gasteiger charge is -2.09. The molecule has 1 heterocycles. The predicted molar refractivity (Wildman–Crippen MR) is 68.3 cm³/mol. The summed E-state index contributed by atoms with van der Waals surface area (Å²) in [6, 6.07) is 4.86. The van der Waals surface area contributed by atoms with E-state index in [4.69, 9.17) is 5.73 Å². The number of benzene rings is 1. The number of aromatic amines is 1. The molecule has 0 bridgehead atoms. The van der Waals surface area contributed by atoms with E-state index in [1.54, 1.807) is 0 Å². The molecule has 3 N–H and O–H groups in total. The highest BCUT2D eigenvalue weighted by Gasteiger charge is 2.30. The number of alkyl halides is 3. The Kier molecular flexibility index (Phi) is 3.52. The number of nitrogens with two attached hydrogens (primary N) is 1. The first-order valence-corrected chi connectivity index (χ1v) is 5.79. The summed E-state index contributed by atoms with van der Waals surface area (Å²) in [5.41, 5.74) is 5.12. The van der Waals surface area contributed by atoms with Gasteiger partial charge in [-0.05, 0) is 18.6 Å². The molecule has 1 aromatic carbocycles. The molecule has 0 atom stereocenters. The van der Waals surface area contributed by atoms with Crippen molar-refractivity contribution in [3.63, 3.8) is 0 Å². The molecule has 0 spiro atoms. The summed E-state index contributed by atoms with van der Waals surface area (Å²) < 4.78 is 37.8. The number of rotatable bonds is 2. The number of nitrogens with zero attached hydrogens (tertiary/aromatic N) is 1. The highest BCUT2D eigenvalue weighted by atomic mass is 19.4. The van der Waals surface area contributed by atoms with Gasteiger partial charge in [0.15, 0.2) is 0 Å². The van der Waals surface area contributed by atoms with E-state index in [0.717, 1.165) is 12.1 Å². The Morgan fingerprint density at radius 1 is 1.35 bits per heavy atom. The van der Waals surface area contributed by atoms with Crippen molar-refractivity contribution in [3.05, 3.63) is 57.1 Å². The summed E-state index contributed by atoms with van der Waals surface area (Å²) in [6.45, 7) is 1.52. The van der Waals surface area contributed by atoms with Gasteiger partial charge in [0.25, 0.3) is 5.56 Å². The fourth-order valence-corrected chi connectivity index (χ4v) is 1.73. The second-order valence-electron chi connectivity index (χ2n) is 4.40. The Hall–Kier alpha value is -2.31. The lowest BCUT2D eigenvalue weighted by Crippen LogP contribution is -2.17. The van der Waals surface area contributed by atoms with Crippen molar-refractivity contribution in [2.24, 2.45) is 0 Å². The first-order chi connectivity index (χ1) is 9.27. The summed E-state index contributed by atoms with van der Waals surface area (Å²) in [5.74, 6) is 0.313. The molecule has 0 radical (unpaired) electrons. The van der Waals surface area contributed by atoms with Crippen LogP contribution in [0.4, 0.5) is 19.0 Å². The molecule has 0 aliphatic rings. The minimum absolute atomic E-state index is 0.0731. The number of anilines is 1. The normalized spacial score (nSPS) is 11.6. The van der Waals surface area contributed by atoms with Gasteiger partial charge >= 0.3 is 6.18 Å².